The lowest BCUT2D eigenvalue weighted by Crippen LogP contribution is -1.95. The maximum absolute atomic E-state index is 5.50. The Balaban J connectivity index is 1.62. The summed E-state index contributed by atoms with van der Waals surface area (Å²) in [6.45, 7) is 0. The molecule has 0 aromatic carbocycles. The molecule has 62 valence electrons. The molecular formula is C9H14O2. The Morgan fingerprint density at radius 1 is 0.636 bits per heavy atom. The molecule has 3 fully saturated rings. The fourth-order valence-corrected chi connectivity index (χ4v) is 2.22. The zero-order chi connectivity index (χ0) is 7.26. The van der Waals surface area contributed by atoms with Gasteiger partial charge >= 0.3 is 0 Å². The van der Waals surface area contributed by atoms with Gasteiger partial charge in [-0.05, 0) is 32.1 Å². The summed E-state index contributed by atoms with van der Waals surface area (Å²) in [7, 11) is 0. The van der Waals surface area contributed by atoms with Gasteiger partial charge in [0.1, 0.15) is 0 Å². The Labute approximate surface area is 66.9 Å². The summed E-state index contributed by atoms with van der Waals surface area (Å²) >= 11 is 0. The molecule has 1 aliphatic carbocycles. The summed E-state index contributed by atoms with van der Waals surface area (Å²) in [6.07, 6.45) is 8.82. The first kappa shape index (κ1) is 6.44. The molecule has 2 nitrogen and oxygen atoms in total. The Morgan fingerprint density at radius 3 is 1.64 bits per heavy atom. The van der Waals surface area contributed by atoms with Crippen molar-refractivity contribution < 1.29 is 9.47 Å². The van der Waals surface area contributed by atoms with Crippen LogP contribution in [-0.4, -0.2) is 24.4 Å². The summed E-state index contributed by atoms with van der Waals surface area (Å²) in [6, 6.07) is 0. The van der Waals surface area contributed by atoms with Gasteiger partial charge in [-0.1, -0.05) is 0 Å². The minimum absolute atomic E-state index is 0.609. The Bertz CT molecular complexity index is 151. The number of rotatable bonds is 0. The smallest absolute Gasteiger partial charge is 0.0842 e. The summed E-state index contributed by atoms with van der Waals surface area (Å²) in [5.74, 6) is 0. The normalized spacial score (nSPS) is 54.5. The summed E-state index contributed by atoms with van der Waals surface area (Å²) in [4.78, 5) is 0. The average molecular weight is 154 g/mol. The van der Waals surface area contributed by atoms with Crippen LogP contribution in [0.1, 0.15) is 32.1 Å². The fraction of sp³-hybridized carbons (Fsp3) is 1.00. The second-order valence-corrected chi connectivity index (χ2v) is 3.93. The van der Waals surface area contributed by atoms with Crippen LogP contribution in [0.15, 0.2) is 0 Å². The van der Waals surface area contributed by atoms with Gasteiger partial charge in [-0.25, -0.2) is 0 Å². The van der Waals surface area contributed by atoms with Gasteiger partial charge in [0, 0.05) is 0 Å². The standard InChI is InChI=1S/C9H14O2/c1-2-6-8(10-6)4-5-9-7(3-1)11-9/h6-9H,1-5H2. The largest absolute Gasteiger partial charge is 0.370 e. The van der Waals surface area contributed by atoms with E-state index >= 15 is 0 Å². The SMILES string of the molecule is C1CC2OC2CCC2OC2C1. The molecule has 2 saturated heterocycles. The van der Waals surface area contributed by atoms with Gasteiger partial charge in [-0.3, -0.25) is 0 Å². The lowest BCUT2D eigenvalue weighted by molar-refractivity contribution is 0.339. The maximum atomic E-state index is 5.50. The van der Waals surface area contributed by atoms with Gasteiger partial charge in [0.2, 0.25) is 0 Å². The van der Waals surface area contributed by atoms with E-state index < -0.39 is 0 Å². The van der Waals surface area contributed by atoms with Crippen molar-refractivity contribution in [2.45, 2.75) is 56.5 Å². The summed E-state index contributed by atoms with van der Waals surface area (Å²) in [5, 5.41) is 0. The lowest BCUT2D eigenvalue weighted by Gasteiger charge is -1.91. The van der Waals surface area contributed by atoms with Crippen molar-refractivity contribution in [3.8, 4) is 0 Å². The van der Waals surface area contributed by atoms with Crippen LogP contribution < -0.4 is 0 Å². The van der Waals surface area contributed by atoms with E-state index in [1.54, 1.807) is 0 Å². The van der Waals surface area contributed by atoms with E-state index in [0.29, 0.717) is 24.4 Å². The topological polar surface area (TPSA) is 25.1 Å². The van der Waals surface area contributed by atoms with Crippen molar-refractivity contribution in [2.75, 3.05) is 0 Å². The third-order valence-corrected chi connectivity index (χ3v) is 3.09. The van der Waals surface area contributed by atoms with Crippen molar-refractivity contribution in [1.29, 1.82) is 0 Å². The first-order valence-electron chi connectivity index (χ1n) is 4.74. The number of hydrogen-bond donors (Lipinski definition) is 0. The number of epoxide rings is 2. The van der Waals surface area contributed by atoms with Gasteiger partial charge in [-0.2, -0.15) is 0 Å². The van der Waals surface area contributed by atoms with Crippen LogP contribution in [0.5, 0.6) is 0 Å². The molecule has 3 rings (SSSR count). The summed E-state index contributed by atoms with van der Waals surface area (Å²) in [5.41, 5.74) is 0. The molecule has 0 aromatic rings. The molecule has 2 heterocycles. The molecule has 2 aliphatic heterocycles. The van der Waals surface area contributed by atoms with Crippen molar-refractivity contribution in [3.63, 3.8) is 0 Å². The second-order valence-electron chi connectivity index (χ2n) is 3.93. The molecule has 0 amide bonds. The van der Waals surface area contributed by atoms with Crippen molar-refractivity contribution in [3.05, 3.63) is 0 Å². The van der Waals surface area contributed by atoms with Crippen LogP contribution in [0.2, 0.25) is 0 Å². The van der Waals surface area contributed by atoms with Gasteiger partial charge in [-0.15, -0.1) is 0 Å². The highest BCUT2D eigenvalue weighted by Crippen LogP contribution is 2.39. The molecule has 0 N–H and O–H groups in total. The van der Waals surface area contributed by atoms with E-state index in [1.807, 2.05) is 0 Å². The van der Waals surface area contributed by atoms with Gasteiger partial charge in [0.15, 0.2) is 0 Å². The van der Waals surface area contributed by atoms with E-state index in [4.69, 9.17) is 9.47 Å². The van der Waals surface area contributed by atoms with Crippen LogP contribution >= 0.6 is 0 Å². The average Bonchev–Trinajstić information content (AvgIpc) is 2.85. The van der Waals surface area contributed by atoms with Gasteiger partial charge < -0.3 is 9.47 Å². The highest BCUT2D eigenvalue weighted by Gasteiger charge is 2.45. The molecule has 0 bridgehead atoms. The molecule has 0 radical (unpaired) electrons. The fourth-order valence-electron chi connectivity index (χ4n) is 2.22. The van der Waals surface area contributed by atoms with Crippen LogP contribution in [0, 0.1) is 0 Å². The number of ether oxygens (including phenoxy) is 2. The Kier molecular flexibility index (Phi) is 1.29. The van der Waals surface area contributed by atoms with Crippen LogP contribution in [0.4, 0.5) is 0 Å². The highest BCUT2D eigenvalue weighted by atomic mass is 16.6. The highest BCUT2D eigenvalue weighted by molar-refractivity contribution is 4.93. The zero-order valence-electron chi connectivity index (χ0n) is 6.66. The van der Waals surface area contributed by atoms with Crippen molar-refractivity contribution >= 4 is 0 Å². The van der Waals surface area contributed by atoms with Crippen LogP contribution in [-0.2, 0) is 9.47 Å². The third-order valence-electron chi connectivity index (χ3n) is 3.09. The quantitative estimate of drug-likeness (QED) is 0.494. The van der Waals surface area contributed by atoms with Crippen LogP contribution in [0.3, 0.4) is 0 Å². The van der Waals surface area contributed by atoms with Gasteiger partial charge in [0.05, 0.1) is 24.4 Å². The molecular weight excluding hydrogens is 140 g/mol. The third kappa shape index (κ3) is 1.18. The Hall–Kier alpha value is -0.0800. The minimum atomic E-state index is 0.609. The Morgan fingerprint density at radius 2 is 1.09 bits per heavy atom. The maximum Gasteiger partial charge on any atom is 0.0842 e. The number of fused-ring (bicyclic) bond motifs is 2. The van der Waals surface area contributed by atoms with E-state index in [9.17, 15) is 0 Å². The predicted octanol–water partition coefficient (Wildman–Crippen LogP) is 1.49. The van der Waals surface area contributed by atoms with E-state index in [-0.39, 0.29) is 0 Å². The molecule has 1 saturated carbocycles. The predicted molar refractivity (Wildman–Crippen MR) is 40.4 cm³/mol. The molecule has 2 heteroatoms. The van der Waals surface area contributed by atoms with E-state index in [2.05, 4.69) is 0 Å². The minimum Gasteiger partial charge on any atom is -0.370 e. The van der Waals surface area contributed by atoms with Crippen LogP contribution in [0.25, 0.3) is 0 Å². The molecule has 3 aliphatic rings. The molecule has 0 aromatic heterocycles. The van der Waals surface area contributed by atoms with Crippen molar-refractivity contribution in [2.24, 2.45) is 0 Å². The molecule has 11 heavy (non-hydrogen) atoms. The number of hydrogen-bond acceptors (Lipinski definition) is 2. The monoisotopic (exact) mass is 154 g/mol. The summed E-state index contributed by atoms with van der Waals surface area (Å²) < 4.78 is 11.0. The first-order valence-corrected chi connectivity index (χ1v) is 4.74. The zero-order valence-corrected chi connectivity index (χ0v) is 6.66. The molecule has 4 atom stereocenters. The molecule has 4 unspecified atom stereocenters. The lowest BCUT2D eigenvalue weighted by atomic mass is 10.1. The van der Waals surface area contributed by atoms with Gasteiger partial charge in [0.25, 0.3) is 0 Å². The molecule has 0 spiro atoms. The van der Waals surface area contributed by atoms with E-state index in [1.165, 1.54) is 32.1 Å². The van der Waals surface area contributed by atoms with E-state index in [0.717, 1.165) is 0 Å². The first-order chi connectivity index (χ1) is 5.43. The van der Waals surface area contributed by atoms with Crippen molar-refractivity contribution in [1.82, 2.24) is 0 Å². The second kappa shape index (κ2) is 2.20.